The van der Waals surface area contributed by atoms with E-state index in [0.717, 1.165) is 17.9 Å². The van der Waals surface area contributed by atoms with E-state index >= 15 is 0 Å². The average Bonchev–Trinajstić information content (AvgIpc) is 2.54. The number of rotatable bonds is 8. The highest BCUT2D eigenvalue weighted by atomic mass is 31.2. The van der Waals surface area contributed by atoms with E-state index in [1.165, 1.54) is 5.56 Å². The molecular formula is C19H26NO3P. The second-order valence-corrected chi connectivity index (χ2v) is 8.24. The summed E-state index contributed by atoms with van der Waals surface area (Å²) in [6, 6.07) is 15.1. The van der Waals surface area contributed by atoms with Gasteiger partial charge in [-0.25, -0.2) is 0 Å². The van der Waals surface area contributed by atoms with Crippen LogP contribution in [-0.2, 0) is 4.57 Å². The zero-order valence-corrected chi connectivity index (χ0v) is 15.7. The molecule has 5 heteroatoms. The number of ether oxygens (including phenoxy) is 1. The van der Waals surface area contributed by atoms with Crippen LogP contribution in [-0.4, -0.2) is 13.3 Å². The quantitative estimate of drug-likeness (QED) is 0.603. The van der Waals surface area contributed by atoms with Gasteiger partial charge in [0.1, 0.15) is 11.5 Å². The first-order valence-electron chi connectivity index (χ1n) is 8.28. The maximum Gasteiger partial charge on any atom is 0.338 e. The lowest BCUT2D eigenvalue weighted by atomic mass is 10.0. The molecule has 0 aliphatic heterocycles. The van der Waals surface area contributed by atoms with Crippen molar-refractivity contribution in [1.29, 1.82) is 0 Å². The van der Waals surface area contributed by atoms with Crippen LogP contribution >= 0.6 is 7.52 Å². The monoisotopic (exact) mass is 347 g/mol. The van der Waals surface area contributed by atoms with Gasteiger partial charge in [-0.1, -0.05) is 32.9 Å². The summed E-state index contributed by atoms with van der Waals surface area (Å²) in [5, 5.41) is 2.97. The fraction of sp³-hybridized carbons (Fsp3) is 0.368. The molecule has 1 N–H and O–H groups in total. The minimum Gasteiger partial charge on any atom is -0.494 e. The van der Waals surface area contributed by atoms with E-state index in [-0.39, 0.29) is 0 Å². The van der Waals surface area contributed by atoms with E-state index in [0.29, 0.717) is 18.3 Å². The molecule has 4 nitrogen and oxygen atoms in total. The van der Waals surface area contributed by atoms with Gasteiger partial charge in [-0.05, 0) is 54.3 Å². The molecule has 0 aliphatic carbocycles. The Hall–Kier alpha value is -1.93. The van der Waals surface area contributed by atoms with Crippen molar-refractivity contribution < 1.29 is 13.8 Å². The molecule has 1 atom stereocenters. The minimum atomic E-state index is -3.00. The molecule has 2 rings (SSSR count). The molecule has 0 aliphatic rings. The van der Waals surface area contributed by atoms with Crippen LogP contribution in [0.2, 0.25) is 0 Å². The Balaban J connectivity index is 1.98. The van der Waals surface area contributed by atoms with Gasteiger partial charge in [0.15, 0.2) is 0 Å². The van der Waals surface area contributed by atoms with Crippen molar-refractivity contribution in [2.24, 2.45) is 0 Å². The van der Waals surface area contributed by atoms with Crippen LogP contribution in [0.15, 0.2) is 48.5 Å². The first-order chi connectivity index (χ1) is 11.4. The first kappa shape index (κ1) is 18.4. The van der Waals surface area contributed by atoms with Crippen molar-refractivity contribution in [3.05, 3.63) is 54.1 Å². The standard InChI is InChI=1S/C19H26NO3P/c1-5-14-22-18-12-8-17(9-13-18)20-24(4,21)23-19-10-6-16(7-11-19)15(2)3/h6-13,15H,5,14H2,1-4H3,(H,20,21)/t24-/m1/s1. The zero-order chi connectivity index (χ0) is 17.6. The van der Waals surface area contributed by atoms with Crippen LogP contribution < -0.4 is 14.3 Å². The van der Waals surface area contributed by atoms with Crippen molar-refractivity contribution >= 4 is 13.2 Å². The Morgan fingerprint density at radius 1 is 1.00 bits per heavy atom. The molecule has 0 saturated carbocycles. The largest absolute Gasteiger partial charge is 0.494 e. The molecule has 24 heavy (non-hydrogen) atoms. The topological polar surface area (TPSA) is 47.6 Å². The Morgan fingerprint density at radius 3 is 2.12 bits per heavy atom. The fourth-order valence-electron chi connectivity index (χ4n) is 2.22. The minimum absolute atomic E-state index is 0.457. The first-order valence-corrected chi connectivity index (χ1v) is 10.3. The van der Waals surface area contributed by atoms with Crippen LogP contribution in [0.25, 0.3) is 0 Å². The number of anilines is 1. The molecule has 0 amide bonds. The molecule has 0 saturated heterocycles. The summed E-state index contributed by atoms with van der Waals surface area (Å²) in [4.78, 5) is 0. The Kier molecular flexibility index (Phi) is 6.33. The summed E-state index contributed by atoms with van der Waals surface area (Å²) >= 11 is 0. The lowest BCUT2D eigenvalue weighted by Gasteiger charge is -2.18. The lowest BCUT2D eigenvalue weighted by molar-refractivity contribution is 0.317. The smallest absolute Gasteiger partial charge is 0.338 e. The second-order valence-electron chi connectivity index (χ2n) is 6.15. The van der Waals surface area contributed by atoms with Gasteiger partial charge in [0.05, 0.1) is 6.61 Å². The van der Waals surface area contributed by atoms with E-state index in [1.54, 1.807) is 6.66 Å². The van der Waals surface area contributed by atoms with Gasteiger partial charge in [0, 0.05) is 12.4 Å². The van der Waals surface area contributed by atoms with Gasteiger partial charge in [0.25, 0.3) is 0 Å². The number of benzene rings is 2. The summed E-state index contributed by atoms with van der Waals surface area (Å²) in [5.74, 6) is 1.86. The molecule has 0 fully saturated rings. The van der Waals surface area contributed by atoms with Gasteiger partial charge < -0.3 is 14.3 Å². The maximum absolute atomic E-state index is 12.7. The molecule has 2 aromatic rings. The summed E-state index contributed by atoms with van der Waals surface area (Å²) in [6.07, 6.45) is 0.966. The number of hydrogen-bond acceptors (Lipinski definition) is 3. The Labute approximate surface area is 144 Å². The SMILES string of the molecule is CCCOc1ccc(N[P@](C)(=O)Oc2ccc(C(C)C)cc2)cc1. The molecule has 0 spiro atoms. The molecule has 0 unspecified atom stereocenters. The third kappa shape index (κ3) is 5.61. The average molecular weight is 347 g/mol. The number of nitrogens with one attached hydrogen (secondary N) is 1. The predicted molar refractivity (Wildman–Crippen MR) is 101 cm³/mol. The highest BCUT2D eigenvalue weighted by Gasteiger charge is 2.17. The molecular weight excluding hydrogens is 321 g/mol. The molecule has 0 bridgehead atoms. The predicted octanol–water partition coefficient (Wildman–Crippen LogP) is 5.91. The van der Waals surface area contributed by atoms with Gasteiger partial charge in [0.2, 0.25) is 0 Å². The van der Waals surface area contributed by atoms with Gasteiger partial charge in [-0.3, -0.25) is 4.57 Å². The van der Waals surface area contributed by atoms with Crippen molar-refractivity contribution in [3.63, 3.8) is 0 Å². The van der Waals surface area contributed by atoms with Crippen LogP contribution in [0.3, 0.4) is 0 Å². The van der Waals surface area contributed by atoms with E-state index in [9.17, 15) is 4.57 Å². The van der Waals surface area contributed by atoms with Crippen LogP contribution in [0.5, 0.6) is 11.5 Å². The summed E-state index contributed by atoms with van der Waals surface area (Å²) in [5.41, 5.74) is 1.97. The third-order valence-electron chi connectivity index (χ3n) is 3.49. The Morgan fingerprint density at radius 2 is 1.58 bits per heavy atom. The van der Waals surface area contributed by atoms with E-state index in [2.05, 4.69) is 25.9 Å². The van der Waals surface area contributed by atoms with Crippen molar-refractivity contribution in [2.75, 3.05) is 18.4 Å². The van der Waals surface area contributed by atoms with Gasteiger partial charge in [-0.15, -0.1) is 0 Å². The highest BCUT2D eigenvalue weighted by Crippen LogP contribution is 2.43. The third-order valence-corrected chi connectivity index (χ3v) is 4.71. The second kappa shape index (κ2) is 8.25. The summed E-state index contributed by atoms with van der Waals surface area (Å²) < 4.78 is 23.9. The molecule has 2 aromatic carbocycles. The van der Waals surface area contributed by atoms with Crippen LogP contribution in [0.1, 0.15) is 38.7 Å². The van der Waals surface area contributed by atoms with E-state index in [4.69, 9.17) is 9.26 Å². The summed E-state index contributed by atoms with van der Waals surface area (Å²) in [6.45, 7) is 8.60. The molecule has 0 heterocycles. The highest BCUT2D eigenvalue weighted by molar-refractivity contribution is 7.60. The van der Waals surface area contributed by atoms with Gasteiger partial charge in [-0.2, -0.15) is 0 Å². The lowest BCUT2D eigenvalue weighted by Crippen LogP contribution is -2.02. The number of hydrogen-bond donors (Lipinski definition) is 1. The molecule has 130 valence electrons. The van der Waals surface area contributed by atoms with Crippen LogP contribution in [0, 0.1) is 0 Å². The van der Waals surface area contributed by atoms with E-state index < -0.39 is 7.52 Å². The van der Waals surface area contributed by atoms with Crippen molar-refractivity contribution in [3.8, 4) is 11.5 Å². The van der Waals surface area contributed by atoms with Crippen molar-refractivity contribution in [1.82, 2.24) is 0 Å². The van der Waals surface area contributed by atoms with E-state index in [1.807, 2.05) is 48.5 Å². The molecule has 0 aromatic heterocycles. The maximum atomic E-state index is 12.7. The summed E-state index contributed by atoms with van der Waals surface area (Å²) in [7, 11) is -3.00. The Bertz CT molecular complexity index is 681. The fourth-order valence-corrected chi connectivity index (χ4v) is 3.41. The van der Waals surface area contributed by atoms with Crippen LogP contribution in [0.4, 0.5) is 5.69 Å². The molecule has 0 radical (unpaired) electrons. The van der Waals surface area contributed by atoms with Gasteiger partial charge >= 0.3 is 7.52 Å². The van der Waals surface area contributed by atoms with Crippen molar-refractivity contribution in [2.45, 2.75) is 33.1 Å². The normalized spacial score (nSPS) is 13.4. The zero-order valence-electron chi connectivity index (χ0n) is 14.8.